The first-order valence-electron chi connectivity index (χ1n) is 8.64. The van der Waals surface area contributed by atoms with Crippen LogP contribution in [0.5, 0.6) is 0 Å². The van der Waals surface area contributed by atoms with Crippen LogP contribution in [0.1, 0.15) is 15.4 Å². The fraction of sp³-hybridized carbons (Fsp3) is 0.158. The summed E-state index contributed by atoms with van der Waals surface area (Å²) in [6, 6.07) is 13.3. The summed E-state index contributed by atoms with van der Waals surface area (Å²) in [4.78, 5) is 4.73. The quantitative estimate of drug-likeness (QED) is 0.495. The highest BCUT2D eigenvalue weighted by Gasteiger charge is 2.17. The number of furan rings is 1. The molecule has 4 aromatic rings. The number of nitrogens with zero attached hydrogens (tertiary/aromatic N) is 2. The number of rotatable bonds is 1. The molecule has 0 spiro atoms. The third kappa shape index (κ3) is 1.90. The Kier molecular flexibility index (Phi) is 2.15. The summed E-state index contributed by atoms with van der Waals surface area (Å²) < 4.78 is 30.4. The Hall–Kier alpha value is -2.68. The zero-order valence-electron chi connectivity index (χ0n) is 15.4. The Morgan fingerprint density at radius 1 is 1.14 bits per heavy atom. The molecule has 0 N–H and O–H groups in total. The average molecular weight is 292 g/mol. The SMILES string of the molecule is [2H]C([2H])([2H])c1ccc(-c2cc3oc4ccccc4c3nc2C)[n+](C)c1. The third-order valence-corrected chi connectivity index (χ3v) is 3.95. The average Bonchev–Trinajstić information content (AvgIpc) is 2.91. The van der Waals surface area contributed by atoms with E-state index in [1.165, 1.54) is 0 Å². The van der Waals surface area contributed by atoms with Crippen molar-refractivity contribution in [2.45, 2.75) is 13.8 Å². The van der Waals surface area contributed by atoms with Gasteiger partial charge in [-0.2, -0.15) is 0 Å². The van der Waals surface area contributed by atoms with E-state index in [2.05, 4.69) is 0 Å². The second kappa shape index (κ2) is 4.67. The van der Waals surface area contributed by atoms with Crippen molar-refractivity contribution in [3.63, 3.8) is 0 Å². The molecule has 3 heterocycles. The molecule has 0 bridgehead atoms. The fourth-order valence-electron chi connectivity index (χ4n) is 2.87. The van der Waals surface area contributed by atoms with E-state index in [0.29, 0.717) is 5.56 Å². The lowest BCUT2D eigenvalue weighted by Gasteiger charge is -2.04. The van der Waals surface area contributed by atoms with Crippen molar-refractivity contribution in [3.05, 3.63) is 59.9 Å². The van der Waals surface area contributed by atoms with Crippen LogP contribution in [-0.4, -0.2) is 4.98 Å². The van der Waals surface area contributed by atoms with Gasteiger partial charge in [0, 0.05) is 21.1 Å². The summed E-state index contributed by atoms with van der Waals surface area (Å²) in [5.41, 5.74) is 5.38. The number of hydrogen-bond acceptors (Lipinski definition) is 2. The fourth-order valence-corrected chi connectivity index (χ4v) is 2.87. The Morgan fingerprint density at radius 3 is 2.82 bits per heavy atom. The summed E-state index contributed by atoms with van der Waals surface area (Å²) in [6.07, 6.45) is 1.64. The van der Waals surface area contributed by atoms with Gasteiger partial charge in [0.25, 0.3) is 0 Å². The molecule has 0 unspecified atom stereocenters. The highest BCUT2D eigenvalue weighted by molar-refractivity contribution is 6.03. The number of pyridine rings is 2. The molecule has 108 valence electrons. The van der Waals surface area contributed by atoms with Crippen molar-refractivity contribution >= 4 is 22.1 Å². The van der Waals surface area contributed by atoms with Crippen LogP contribution < -0.4 is 4.57 Å². The van der Waals surface area contributed by atoms with E-state index in [1.54, 1.807) is 12.3 Å². The number of aryl methyl sites for hydroxylation is 3. The van der Waals surface area contributed by atoms with Gasteiger partial charge in [-0.1, -0.05) is 12.1 Å². The summed E-state index contributed by atoms with van der Waals surface area (Å²) in [7, 11) is 1.84. The summed E-state index contributed by atoms with van der Waals surface area (Å²) in [6.45, 7) is -0.166. The van der Waals surface area contributed by atoms with Crippen LogP contribution >= 0.6 is 0 Å². The molecule has 0 saturated heterocycles. The molecule has 4 rings (SSSR count). The molecule has 22 heavy (non-hydrogen) atoms. The Bertz CT molecular complexity index is 1110. The van der Waals surface area contributed by atoms with Gasteiger partial charge in [-0.05, 0) is 38.0 Å². The number of para-hydroxylation sites is 1. The van der Waals surface area contributed by atoms with Crippen molar-refractivity contribution in [1.82, 2.24) is 4.98 Å². The van der Waals surface area contributed by atoms with Crippen LogP contribution in [0.2, 0.25) is 0 Å². The van der Waals surface area contributed by atoms with Crippen molar-refractivity contribution < 1.29 is 13.1 Å². The maximum Gasteiger partial charge on any atom is 0.214 e. The van der Waals surface area contributed by atoms with Gasteiger partial charge in [0.15, 0.2) is 11.8 Å². The maximum atomic E-state index is 7.55. The first-order chi connectivity index (χ1) is 11.8. The molecular formula is C19H17N2O+. The molecular weight excluding hydrogens is 272 g/mol. The first kappa shape index (κ1) is 10.1. The highest BCUT2D eigenvalue weighted by atomic mass is 16.3. The van der Waals surface area contributed by atoms with Gasteiger partial charge in [0.1, 0.15) is 18.1 Å². The lowest BCUT2D eigenvalue weighted by atomic mass is 10.1. The zero-order valence-corrected chi connectivity index (χ0v) is 12.4. The normalized spacial score (nSPS) is 14.0. The second-order valence-electron chi connectivity index (χ2n) is 5.48. The standard InChI is InChI=1S/C19H17N2O/c1-12-8-9-16(21(3)11-12)15-10-18-19(20-13(15)2)14-6-4-5-7-17(14)22-18/h4-11H,1-3H3/q+1/i1D3. The van der Waals surface area contributed by atoms with Crippen molar-refractivity contribution in [2.75, 3.05) is 0 Å². The molecule has 0 aliphatic rings. The van der Waals surface area contributed by atoms with Gasteiger partial charge in [0.2, 0.25) is 5.69 Å². The van der Waals surface area contributed by atoms with Gasteiger partial charge in [-0.3, -0.25) is 0 Å². The van der Waals surface area contributed by atoms with E-state index in [4.69, 9.17) is 13.5 Å². The van der Waals surface area contributed by atoms with Gasteiger partial charge in [-0.15, -0.1) is 0 Å². The van der Waals surface area contributed by atoms with Crippen LogP contribution in [0.3, 0.4) is 0 Å². The molecule has 0 saturated carbocycles. The monoisotopic (exact) mass is 292 g/mol. The van der Waals surface area contributed by atoms with Gasteiger partial charge in [0.05, 0.1) is 11.3 Å². The molecule has 0 aliphatic carbocycles. The van der Waals surface area contributed by atoms with Crippen LogP contribution in [0, 0.1) is 13.8 Å². The van der Waals surface area contributed by atoms with Crippen LogP contribution in [-0.2, 0) is 7.05 Å². The topological polar surface area (TPSA) is 29.9 Å². The lowest BCUT2D eigenvalue weighted by molar-refractivity contribution is -0.660. The van der Waals surface area contributed by atoms with Crippen molar-refractivity contribution in [1.29, 1.82) is 0 Å². The van der Waals surface area contributed by atoms with Gasteiger partial charge in [-0.25, -0.2) is 9.55 Å². The molecule has 0 radical (unpaired) electrons. The predicted octanol–water partition coefficient (Wildman–Crippen LogP) is 4.09. The van der Waals surface area contributed by atoms with E-state index < -0.39 is 6.85 Å². The van der Waals surface area contributed by atoms with E-state index in [9.17, 15) is 0 Å². The van der Waals surface area contributed by atoms with E-state index in [1.807, 2.05) is 54.9 Å². The van der Waals surface area contributed by atoms with E-state index in [-0.39, 0.29) is 0 Å². The Morgan fingerprint density at radius 2 is 2.00 bits per heavy atom. The van der Waals surface area contributed by atoms with Crippen LogP contribution in [0.15, 0.2) is 53.1 Å². The van der Waals surface area contributed by atoms with Crippen LogP contribution in [0.25, 0.3) is 33.3 Å². The van der Waals surface area contributed by atoms with Gasteiger partial charge >= 0.3 is 0 Å². The van der Waals surface area contributed by atoms with Gasteiger partial charge < -0.3 is 4.42 Å². The minimum Gasteiger partial charge on any atom is -0.454 e. The summed E-state index contributed by atoms with van der Waals surface area (Å²) >= 11 is 0. The summed E-state index contributed by atoms with van der Waals surface area (Å²) in [5.74, 6) is 0. The minimum atomic E-state index is -2.12. The number of hydrogen-bond donors (Lipinski definition) is 0. The maximum absolute atomic E-state index is 7.55. The molecule has 0 aliphatic heterocycles. The Balaban J connectivity index is 1.92. The summed E-state index contributed by atoms with van der Waals surface area (Å²) in [5, 5.41) is 0.995. The second-order valence-corrected chi connectivity index (χ2v) is 5.48. The van der Waals surface area contributed by atoms with Crippen LogP contribution in [0.4, 0.5) is 0 Å². The largest absolute Gasteiger partial charge is 0.454 e. The number of fused-ring (bicyclic) bond motifs is 3. The molecule has 3 nitrogen and oxygen atoms in total. The molecule has 0 atom stereocenters. The van der Waals surface area contributed by atoms with Crippen molar-refractivity contribution in [2.24, 2.45) is 7.05 Å². The van der Waals surface area contributed by atoms with Crippen molar-refractivity contribution in [3.8, 4) is 11.3 Å². The minimum absolute atomic E-state index is 0.314. The molecule has 3 aromatic heterocycles. The Labute approximate surface area is 133 Å². The smallest absolute Gasteiger partial charge is 0.214 e. The molecule has 0 amide bonds. The molecule has 0 fully saturated rings. The first-order valence-corrected chi connectivity index (χ1v) is 7.14. The molecule has 1 aromatic carbocycles. The predicted molar refractivity (Wildman–Crippen MR) is 87.6 cm³/mol. The van der Waals surface area contributed by atoms with E-state index in [0.717, 1.165) is 39.0 Å². The van der Waals surface area contributed by atoms with E-state index >= 15 is 0 Å². The molecule has 3 heteroatoms. The lowest BCUT2D eigenvalue weighted by Crippen LogP contribution is -2.31. The number of benzene rings is 1. The highest BCUT2D eigenvalue weighted by Crippen LogP contribution is 2.31. The number of aromatic nitrogens is 2. The zero-order chi connectivity index (χ0) is 17.8. The third-order valence-electron chi connectivity index (χ3n) is 3.95.